The number of ether oxygens (including phenoxy) is 1. The Morgan fingerprint density at radius 2 is 1.90 bits per heavy atom. The highest BCUT2D eigenvalue weighted by atomic mass is 16.5. The summed E-state index contributed by atoms with van der Waals surface area (Å²) < 4.78 is 6.44. The molecule has 0 spiro atoms. The van der Waals surface area contributed by atoms with Crippen LogP contribution in [0.2, 0.25) is 0 Å². The molecular formula is C20H26N4O5. The minimum atomic E-state index is -1.15. The number of hydrogen-bond donors (Lipinski definition) is 3. The number of methoxy groups -OCH3 is 1. The maximum atomic E-state index is 12.4. The van der Waals surface area contributed by atoms with Gasteiger partial charge in [0.15, 0.2) is 5.75 Å². The number of carbonyl (C=O) groups is 2. The number of benzene rings is 1. The predicted octanol–water partition coefficient (Wildman–Crippen LogP) is 0.551. The van der Waals surface area contributed by atoms with Gasteiger partial charge in [-0.15, -0.1) is 0 Å². The van der Waals surface area contributed by atoms with Crippen molar-refractivity contribution in [3.8, 4) is 16.9 Å². The van der Waals surface area contributed by atoms with Gasteiger partial charge in [0.1, 0.15) is 6.04 Å². The van der Waals surface area contributed by atoms with E-state index in [4.69, 9.17) is 10.5 Å². The summed E-state index contributed by atoms with van der Waals surface area (Å²) in [5.41, 5.74) is 7.14. The van der Waals surface area contributed by atoms with Gasteiger partial charge in [-0.05, 0) is 17.0 Å². The Bertz CT molecular complexity index is 937. The Balaban J connectivity index is 2.24. The summed E-state index contributed by atoms with van der Waals surface area (Å²) in [7, 11) is 3.00. The van der Waals surface area contributed by atoms with E-state index in [1.165, 1.54) is 18.0 Å². The van der Waals surface area contributed by atoms with Crippen LogP contribution in [0, 0.1) is 5.92 Å². The number of nitrogens with two attached hydrogens (primary N) is 1. The summed E-state index contributed by atoms with van der Waals surface area (Å²) in [6.45, 7) is 3.58. The number of hydrogen-bond acceptors (Lipinski definition) is 6. The topological polar surface area (TPSA) is 137 Å². The highest BCUT2D eigenvalue weighted by molar-refractivity contribution is 5.87. The lowest BCUT2D eigenvalue weighted by molar-refractivity contribution is -0.142. The Hall–Kier alpha value is -3.20. The summed E-state index contributed by atoms with van der Waals surface area (Å²) in [5, 5.41) is 15.9. The van der Waals surface area contributed by atoms with Gasteiger partial charge in [-0.1, -0.05) is 38.1 Å². The minimum Gasteiger partial charge on any atom is -0.494 e. The highest BCUT2D eigenvalue weighted by Gasteiger charge is 2.25. The molecule has 1 aromatic carbocycles. The summed E-state index contributed by atoms with van der Waals surface area (Å²) in [6, 6.07) is 4.93. The van der Waals surface area contributed by atoms with E-state index in [9.17, 15) is 19.5 Å². The molecule has 1 aromatic heterocycles. The Labute approximate surface area is 168 Å². The quantitative estimate of drug-likeness (QED) is 0.586. The van der Waals surface area contributed by atoms with E-state index in [1.54, 1.807) is 45.2 Å². The molecule has 9 nitrogen and oxygen atoms in total. The third-order valence-corrected chi connectivity index (χ3v) is 4.64. The van der Waals surface area contributed by atoms with E-state index >= 15 is 0 Å². The molecule has 2 atom stereocenters. The Kier molecular flexibility index (Phi) is 7.11. The van der Waals surface area contributed by atoms with E-state index in [0.717, 1.165) is 0 Å². The van der Waals surface area contributed by atoms with Crippen molar-refractivity contribution in [1.29, 1.82) is 0 Å². The molecule has 0 radical (unpaired) electrons. The lowest BCUT2D eigenvalue weighted by Crippen LogP contribution is -2.51. The smallest absolute Gasteiger partial charge is 0.326 e. The molecule has 29 heavy (non-hydrogen) atoms. The number of carboxylic acids is 1. The van der Waals surface area contributed by atoms with Crippen molar-refractivity contribution in [2.75, 3.05) is 7.11 Å². The zero-order chi connectivity index (χ0) is 21.7. The van der Waals surface area contributed by atoms with Gasteiger partial charge < -0.3 is 20.9 Å². The fourth-order valence-electron chi connectivity index (χ4n) is 2.76. The molecule has 0 saturated carbocycles. The molecule has 0 bridgehead atoms. The van der Waals surface area contributed by atoms with Crippen molar-refractivity contribution in [2.24, 2.45) is 18.7 Å². The molecule has 0 saturated heterocycles. The normalized spacial score (nSPS) is 13.0. The van der Waals surface area contributed by atoms with Crippen LogP contribution in [0.4, 0.5) is 0 Å². The standard InChI is InChI=1S/C20H26N4O5/c1-11(2)17(21)18(25)23-14(20(27)28)9-12-5-7-13(8-6-12)16-15(29-4)10-22-24(3)19(16)26/h5-8,10-11,14,17H,9,21H2,1-4H3,(H,23,25)(H,27,28)/t14-,17+/m0/s1. The second kappa shape index (κ2) is 9.33. The molecule has 2 aromatic rings. The maximum Gasteiger partial charge on any atom is 0.326 e. The second-order valence-corrected chi connectivity index (χ2v) is 7.09. The lowest BCUT2D eigenvalue weighted by atomic mass is 10.00. The van der Waals surface area contributed by atoms with Gasteiger partial charge in [0.25, 0.3) is 5.56 Å². The van der Waals surface area contributed by atoms with Crippen LogP contribution < -0.4 is 21.3 Å². The van der Waals surface area contributed by atoms with Crippen LogP contribution in [0.5, 0.6) is 5.75 Å². The molecule has 0 unspecified atom stereocenters. The largest absolute Gasteiger partial charge is 0.494 e. The minimum absolute atomic E-state index is 0.0810. The Morgan fingerprint density at radius 3 is 2.41 bits per heavy atom. The van der Waals surface area contributed by atoms with Gasteiger partial charge in [0.2, 0.25) is 5.91 Å². The van der Waals surface area contributed by atoms with E-state index in [1.807, 2.05) is 0 Å². The lowest BCUT2D eigenvalue weighted by Gasteiger charge is -2.20. The van der Waals surface area contributed by atoms with Gasteiger partial charge in [-0.25, -0.2) is 9.48 Å². The van der Waals surface area contributed by atoms with Gasteiger partial charge in [-0.3, -0.25) is 9.59 Å². The van der Waals surface area contributed by atoms with Crippen LogP contribution in [0.15, 0.2) is 35.3 Å². The molecule has 1 amide bonds. The summed E-state index contributed by atoms with van der Waals surface area (Å²) in [4.78, 5) is 36.1. The fraction of sp³-hybridized carbons (Fsp3) is 0.400. The number of nitrogens with one attached hydrogen (secondary N) is 1. The van der Waals surface area contributed by atoms with E-state index in [-0.39, 0.29) is 17.9 Å². The molecule has 156 valence electrons. The second-order valence-electron chi connectivity index (χ2n) is 7.09. The number of carbonyl (C=O) groups excluding carboxylic acids is 1. The van der Waals surface area contributed by atoms with Crippen LogP contribution in [-0.4, -0.2) is 46.0 Å². The monoisotopic (exact) mass is 402 g/mol. The summed E-state index contributed by atoms with van der Waals surface area (Å²) in [5.74, 6) is -1.42. The molecule has 0 fully saturated rings. The summed E-state index contributed by atoms with van der Waals surface area (Å²) in [6.07, 6.45) is 1.54. The number of aromatic nitrogens is 2. The van der Waals surface area contributed by atoms with Crippen molar-refractivity contribution in [3.63, 3.8) is 0 Å². The molecule has 9 heteroatoms. The first-order valence-electron chi connectivity index (χ1n) is 9.14. The zero-order valence-electron chi connectivity index (χ0n) is 16.9. The van der Waals surface area contributed by atoms with Gasteiger partial charge >= 0.3 is 5.97 Å². The molecule has 1 heterocycles. The summed E-state index contributed by atoms with van der Waals surface area (Å²) >= 11 is 0. The van der Waals surface area contributed by atoms with Crippen LogP contribution in [0.1, 0.15) is 19.4 Å². The van der Waals surface area contributed by atoms with Gasteiger partial charge in [0.05, 0.1) is 24.9 Å². The molecule has 2 rings (SSSR count). The fourth-order valence-corrected chi connectivity index (χ4v) is 2.76. The number of amides is 1. The van der Waals surface area contributed by atoms with Crippen molar-refractivity contribution in [3.05, 3.63) is 46.4 Å². The number of rotatable bonds is 8. The third kappa shape index (κ3) is 5.20. The number of aryl methyl sites for hydroxylation is 1. The first-order chi connectivity index (χ1) is 13.6. The zero-order valence-corrected chi connectivity index (χ0v) is 16.9. The van der Waals surface area contributed by atoms with E-state index < -0.39 is 24.0 Å². The van der Waals surface area contributed by atoms with Crippen LogP contribution >= 0.6 is 0 Å². The first-order valence-corrected chi connectivity index (χ1v) is 9.14. The number of carboxylic acid groups (broad SMARTS) is 1. The number of nitrogens with zero attached hydrogens (tertiary/aromatic N) is 2. The van der Waals surface area contributed by atoms with Crippen LogP contribution in [0.3, 0.4) is 0 Å². The average Bonchev–Trinajstić information content (AvgIpc) is 2.69. The SMILES string of the molecule is COc1cnn(C)c(=O)c1-c1ccc(C[C@H](NC(=O)[C@H](N)C(C)C)C(=O)O)cc1. The third-order valence-electron chi connectivity index (χ3n) is 4.64. The van der Waals surface area contributed by atoms with Crippen molar-refractivity contribution in [1.82, 2.24) is 15.1 Å². The van der Waals surface area contributed by atoms with Crippen molar-refractivity contribution < 1.29 is 19.4 Å². The van der Waals surface area contributed by atoms with E-state index in [0.29, 0.717) is 22.4 Å². The van der Waals surface area contributed by atoms with E-state index in [2.05, 4.69) is 10.4 Å². The molecule has 0 aliphatic rings. The number of aliphatic carboxylic acids is 1. The molecule has 0 aliphatic carbocycles. The first kappa shape index (κ1) is 22.1. The average molecular weight is 402 g/mol. The predicted molar refractivity (Wildman–Crippen MR) is 108 cm³/mol. The van der Waals surface area contributed by atoms with Crippen LogP contribution in [-0.2, 0) is 23.1 Å². The van der Waals surface area contributed by atoms with Crippen molar-refractivity contribution >= 4 is 11.9 Å². The van der Waals surface area contributed by atoms with Gasteiger partial charge in [-0.2, -0.15) is 5.10 Å². The van der Waals surface area contributed by atoms with Crippen molar-refractivity contribution in [2.45, 2.75) is 32.4 Å². The molecule has 0 aliphatic heterocycles. The molecule has 4 N–H and O–H groups in total. The molecular weight excluding hydrogens is 376 g/mol. The van der Waals surface area contributed by atoms with Crippen LogP contribution in [0.25, 0.3) is 11.1 Å². The highest BCUT2D eigenvalue weighted by Crippen LogP contribution is 2.25. The Morgan fingerprint density at radius 1 is 1.28 bits per heavy atom. The van der Waals surface area contributed by atoms with Gasteiger partial charge in [0, 0.05) is 13.5 Å². The maximum absolute atomic E-state index is 12.4.